The van der Waals surface area contributed by atoms with Crippen LogP contribution < -0.4 is 14.2 Å². The van der Waals surface area contributed by atoms with E-state index < -0.39 is 46.9 Å². The van der Waals surface area contributed by atoms with Crippen molar-refractivity contribution < 1.29 is 133 Å². The minimum absolute atomic E-state index is 0. The van der Waals surface area contributed by atoms with Crippen molar-refractivity contribution in [2.45, 2.75) is 50.3 Å². The number of aromatic hydroxyl groups is 1. The van der Waals surface area contributed by atoms with Crippen LogP contribution in [0.5, 0.6) is 23.0 Å². The summed E-state index contributed by atoms with van der Waals surface area (Å²) in [6, 6.07) is 9.52. The maximum Gasteiger partial charge on any atom is 0.522 e. The van der Waals surface area contributed by atoms with Crippen LogP contribution in [0.1, 0.15) is 48.9 Å². The molecule has 28 heteroatoms. The van der Waals surface area contributed by atoms with E-state index in [1.54, 1.807) is 25.3 Å². The number of carbonyl (C=O) groups is 2. The molecular weight excluding hydrogens is 840 g/mol. The zero-order chi connectivity index (χ0) is 40.7. The molecule has 0 saturated carbocycles. The molecule has 0 heterocycles. The van der Waals surface area contributed by atoms with Gasteiger partial charge in [-0.3, -0.25) is 23.2 Å². The van der Waals surface area contributed by atoms with E-state index in [9.17, 15) is 49.1 Å². The predicted molar refractivity (Wildman–Crippen MR) is 158 cm³/mol. The summed E-state index contributed by atoms with van der Waals surface area (Å²) in [6.45, 7) is 5.88. The van der Waals surface area contributed by atoms with Crippen LogP contribution in [0, 0.1) is 0 Å². The van der Waals surface area contributed by atoms with Gasteiger partial charge >= 0.3 is 46.9 Å². The minimum Gasteiger partial charge on any atom is -0.504 e. The van der Waals surface area contributed by atoms with Gasteiger partial charge in [0.05, 0.1) is 14.2 Å². The van der Waals surface area contributed by atoms with E-state index in [1.807, 2.05) is 20.8 Å². The van der Waals surface area contributed by atoms with E-state index in [2.05, 4.69) is 0 Å². The Hall–Kier alpha value is -3.05. The topological polar surface area (TPSA) is 245 Å². The first-order valence-corrected chi connectivity index (χ1v) is 16.1. The molecule has 15 nitrogen and oxygen atoms in total. The smallest absolute Gasteiger partial charge is 0.504 e. The second-order valence-electron chi connectivity index (χ2n) is 9.05. The van der Waals surface area contributed by atoms with Gasteiger partial charge in [0.1, 0.15) is 18.2 Å². The summed E-state index contributed by atoms with van der Waals surface area (Å²) in [6.07, 6.45) is 1.48. The molecule has 0 saturated heterocycles. The number of methoxy groups -OCH3 is 2. The second-order valence-corrected chi connectivity index (χ2v) is 13.3. The van der Waals surface area contributed by atoms with Gasteiger partial charge in [-0.25, -0.2) is 0 Å². The predicted octanol–water partition coefficient (Wildman–Crippen LogP) is 5.71. The van der Waals surface area contributed by atoms with Crippen LogP contribution in [-0.2, 0) is 56.2 Å². The molecule has 0 atom stereocenters. The molecule has 0 bridgehead atoms. The van der Waals surface area contributed by atoms with Gasteiger partial charge in [0.15, 0.2) is 23.0 Å². The van der Waals surface area contributed by atoms with Crippen molar-refractivity contribution in [3.63, 3.8) is 0 Å². The Morgan fingerprint density at radius 2 is 0.846 bits per heavy atom. The molecule has 301 valence electrons. The number of rotatable bonds is 5. The zero-order valence-corrected chi connectivity index (χ0v) is 30.4. The van der Waals surface area contributed by atoms with E-state index in [4.69, 9.17) is 58.2 Å². The molecule has 2 rings (SSSR count). The van der Waals surface area contributed by atoms with Gasteiger partial charge < -0.3 is 19.3 Å². The Kier molecular flexibility index (Phi) is 25.7. The number of aldehydes is 2. The normalized spacial score (nSPS) is 11.6. The second kappa shape index (κ2) is 22.9. The summed E-state index contributed by atoms with van der Waals surface area (Å²) in [7, 11) is -14.5. The first-order valence-electron chi connectivity index (χ1n) is 11.7. The Morgan fingerprint density at radius 3 is 1.08 bits per heavy atom. The molecule has 2 aromatic rings. The number of ether oxygens (including phenoxy) is 3. The van der Waals surface area contributed by atoms with Gasteiger partial charge in [-0.2, -0.15) is 64.8 Å². The average Bonchev–Trinajstić information content (AvgIpc) is 2.91. The van der Waals surface area contributed by atoms with Crippen LogP contribution in [0.2, 0.25) is 0 Å². The largest absolute Gasteiger partial charge is 0.522 e. The summed E-state index contributed by atoms with van der Waals surface area (Å²) < 4.78 is 188. The first-order chi connectivity index (χ1) is 22.0. The molecule has 0 aliphatic rings. The Labute approximate surface area is 310 Å². The van der Waals surface area contributed by atoms with Crippen LogP contribution in [0.4, 0.5) is 39.5 Å². The van der Waals surface area contributed by atoms with Gasteiger partial charge in [0, 0.05) is 37.0 Å². The fourth-order valence-electron chi connectivity index (χ4n) is 1.94. The van der Waals surface area contributed by atoms with Gasteiger partial charge in [-0.15, -0.1) is 0 Å². The fourth-order valence-corrected chi connectivity index (χ4v) is 1.94. The standard InChI is InChI=1S/C12H16O3.C8H8O3.3CHF3O3S.CH4.Sc/c1-12(2,3)15-10-6-5-9(8-13)7-11(10)14-4;1-11-8-4-6(5-9)2-3-7(8)10;3*2-1(3,4)8(5,6)7;;/h5-8H,1-4H3;2-5,10H,1H3;3*(H,5,6,7);1H4;. The number of halogens is 9. The van der Waals surface area contributed by atoms with E-state index in [1.165, 1.54) is 25.3 Å². The zero-order valence-electron chi connectivity index (χ0n) is 26.1. The molecule has 0 aliphatic carbocycles. The van der Waals surface area contributed by atoms with Crippen LogP contribution in [0.25, 0.3) is 0 Å². The number of phenolic OH excluding ortho intramolecular Hbond substituents is 1. The Bertz CT molecular complexity index is 1620. The monoisotopic (exact) mass is 871 g/mol. The van der Waals surface area contributed by atoms with E-state index in [0.717, 1.165) is 6.29 Å². The summed E-state index contributed by atoms with van der Waals surface area (Å²) in [5.41, 5.74) is -15.8. The molecule has 0 aliphatic heterocycles. The van der Waals surface area contributed by atoms with Crippen molar-refractivity contribution in [1.82, 2.24) is 0 Å². The van der Waals surface area contributed by atoms with Crippen molar-refractivity contribution >= 4 is 42.9 Å². The molecule has 0 aromatic heterocycles. The van der Waals surface area contributed by atoms with Crippen molar-refractivity contribution in [1.29, 1.82) is 0 Å². The van der Waals surface area contributed by atoms with Gasteiger partial charge in [-0.05, 0) is 57.2 Å². The quantitative estimate of drug-likeness (QED) is 0.122. The van der Waals surface area contributed by atoms with E-state index in [-0.39, 0.29) is 44.6 Å². The van der Waals surface area contributed by atoms with Gasteiger partial charge in [0.25, 0.3) is 0 Å². The molecule has 0 unspecified atom stereocenters. The third-order valence-corrected chi connectivity index (χ3v) is 5.71. The third kappa shape index (κ3) is 25.0. The Balaban J connectivity index is -0.000000180. The van der Waals surface area contributed by atoms with E-state index >= 15 is 0 Å². The number of phenols is 1. The van der Waals surface area contributed by atoms with Crippen LogP contribution in [0.15, 0.2) is 36.4 Å². The van der Waals surface area contributed by atoms with Crippen LogP contribution in [-0.4, -0.2) is 92.9 Å². The van der Waals surface area contributed by atoms with E-state index in [0.29, 0.717) is 34.7 Å². The molecule has 4 N–H and O–H groups in total. The maximum atomic E-state index is 10.7. The van der Waals surface area contributed by atoms with Crippen molar-refractivity contribution in [2.24, 2.45) is 0 Å². The van der Waals surface area contributed by atoms with Crippen LogP contribution >= 0.6 is 0 Å². The molecule has 0 spiro atoms. The molecule has 0 amide bonds. The summed E-state index contributed by atoms with van der Waals surface area (Å²) in [5, 5.41) is 9.09. The molecular formula is C24H31F9O15S3Sc. The molecule has 0 fully saturated rings. The molecule has 2 aromatic carbocycles. The Morgan fingerprint density at radius 1 is 0.577 bits per heavy atom. The summed E-state index contributed by atoms with van der Waals surface area (Å²) in [4.78, 5) is 20.8. The fraction of sp³-hybridized carbons (Fsp3) is 0.417. The summed E-state index contributed by atoms with van der Waals surface area (Å²) in [5.74, 6) is 1.58. The first kappa shape index (κ1) is 58.3. The van der Waals surface area contributed by atoms with Crippen molar-refractivity contribution in [2.75, 3.05) is 14.2 Å². The van der Waals surface area contributed by atoms with Gasteiger partial charge in [0.2, 0.25) is 0 Å². The number of hydrogen-bond donors (Lipinski definition) is 4. The van der Waals surface area contributed by atoms with Crippen molar-refractivity contribution in [3.05, 3.63) is 47.5 Å². The molecule has 52 heavy (non-hydrogen) atoms. The van der Waals surface area contributed by atoms with Crippen molar-refractivity contribution in [3.8, 4) is 23.0 Å². The molecule has 1 radical (unpaired) electrons. The number of benzene rings is 2. The number of alkyl halides is 9. The average molecular weight is 872 g/mol. The number of hydrogen-bond acceptors (Lipinski definition) is 12. The summed E-state index contributed by atoms with van der Waals surface area (Å²) >= 11 is 0. The third-order valence-electron chi connectivity index (χ3n) is 3.96. The SMILES string of the molecule is C.COc1cc(C=O)ccc1O.COc1cc(C=O)ccc1OC(C)(C)C.O=S(=O)(O)C(F)(F)F.O=S(=O)(O)C(F)(F)F.O=S(=O)(O)C(F)(F)F.[Sc]. The minimum atomic E-state index is -5.84. The maximum absolute atomic E-state index is 10.7. The number of carbonyl (C=O) groups excluding carboxylic acids is 2. The van der Waals surface area contributed by atoms with Crippen LogP contribution in [0.3, 0.4) is 0 Å². The van der Waals surface area contributed by atoms with Gasteiger partial charge in [-0.1, -0.05) is 7.43 Å².